The van der Waals surface area contributed by atoms with Crippen molar-refractivity contribution < 1.29 is 14.8 Å². The fraction of sp³-hybridized carbons (Fsp3) is 0.188. The van der Waals surface area contributed by atoms with E-state index in [4.69, 9.17) is 5.21 Å². The molecule has 6 nitrogen and oxygen atoms in total. The van der Waals surface area contributed by atoms with E-state index in [1.54, 1.807) is 6.08 Å². The van der Waals surface area contributed by atoms with Crippen LogP contribution in [0.1, 0.15) is 40.1 Å². The highest BCUT2D eigenvalue weighted by Crippen LogP contribution is 2.12. The van der Waals surface area contributed by atoms with Gasteiger partial charge in [-0.15, -0.1) is 12.4 Å². The molecule has 0 unspecified atom stereocenters. The summed E-state index contributed by atoms with van der Waals surface area (Å²) in [4.78, 5) is 29.7. The van der Waals surface area contributed by atoms with Crippen LogP contribution in [0.2, 0.25) is 0 Å². The maximum Gasteiger partial charge on any atom is 0.267 e. The minimum Gasteiger partial charge on any atom is -0.345 e. The number of carbonyl (C=O) groups excluding carboxylic acids is 2. The summed E-state index contributed by atoms with van der Waals surface area (Å²) < 4.78 is 0. The highest BCUT2D eigenvalue weighted by atomic mass is 35.5. The number of Topliss-reactive ketones (excluding diaryl/α,β-unsaturated/α-hetero) is 1. The van der Waals surface area contributed by atoms with Crippen LogP contribution in [0, 0.1) is 6.92 Å². The summed E-state index contributed by atoms with van der Waals surface area (Å²) in [5.74, 6) is 0.111. The van der Waals surface area contributed by atoms with Gasteiger partial charge in [-0.3, -0.25) is 14.8 Å². The highest BCUT2D eigenvalue weighted by molar-refractivity contribution is 5.93. The topological polar surface area (TPSA) is 95.1 Å². The Kier molecular flexibility index (Phi) is 6.68. The first kappa shape index (κ1) is 18.6. The van der Waals surface area contributed by atoms with Crippen LogP contribution in [0.3, 0.4) is 0 Å². The van der Waals surface area contributed by atoms with Crippen LogP contribution >= 0.6 is 12.4 Å². The second-order valence-corrected chi connectivity index (χ2v) is 4.94. The second-order valence-electron chi connectivity index (χ2n) is 4.94. The molecule has 1 aromatic heterocycles. The number of benzene rings is 1. The molecule has 1 aromatic carbocycles. The Hall–Kier alpha value is -2.44. The van der Waals surface area contributed by atoms with Crippen molar-refractivity contribution in [2.75, 3.05) is 0 Å². The average Bonchev–Trinajstić information content (AvgIpc) is 2.87. The Labute approximate surface area is 140 Å². The Bertz CT molecular complexity index is 721. The molecule has 0 spiro atoms. The third-order valence-corrected chi connectivity index (χ3v) is 3.16. The molecule has 0 saturated carbocycles. The zero-order chi connectivity index (χ0) is 16.1. The number of nitrogens with zero attached hydrogens (tertiary/aromatic N) is 1. The lowest BCUT2D eigenvalue weighted by Crippen LogP contribution is -2.14. The summed E-state index contributed by atoms with van der Waals surface area (Å²) in [5, 5.41) is 8.40. The Morgan fingerprint density at radius 3 is 2.48 bits per heavy atom. The van der Waals surface area contributed by atoms with E-state index >= 15 is 0 Å². The number of aromatic nitrogens is 2. The number of halogens is 1. The number of nitrogens with one attached hydrogen (secondary N) is 2. The number of amides is 1. The molecule has 1 amide bonds. The van der Waals surface area contributed by atoms with E-state index in [0.717, 1.165) is 22.6 Å². The van der Waals surface area contributed by atoms with Gasteiger partial charge < -0.3 is 4.98 Å². The van der Waals surface area contributed by atoms with Gasteiger partial charge in [0.05, 0.1) is 0 Å². The van der Waals surface area contributed by atoms with E-state index in [0.29, 0.717) is 12.1 Å². The molecule has 0 bridgehead atoms. The largest absolute Gasteiger partial charge is 0.345 e. The molecular formula is C16H18ClN3O3. The highest BCUT2D eigenvalue weighted by Gasteiger charge is 2.10. The van der Waals surface area contributed by atoms with Crippen molar-refractivity contribution in [2.24, 2.45) is 0 Å². The van der Waals surface area contributed by atoms with Crippen molar-refractivity contribution in [3.8, 4) is 0 Å². The number of H-pyrrole nitrogens is 1. The van der Waals surface area contributed by atoms with Crippen LogP contribution in [-0.4, -0.2) is 26.9 Å². The van der Waals surface area contributed by atoms with Crippen molar-refractivity contribution in [1.82, 2.24) is 15.4 Å². The number of carbonyl (C=O) groups is 2. The van der Waals surface area contributed by atoms with Gasteiger partial charge in [0.1, 0.15) is 11.5 Å². The molecular weight excluding hydrogens is 318 g/mol. The van der Waals surface area contributed by atoms with Crippen molar-refractivity contribution in [3.05, 3.63) is 58.7 Å². The van der Waals surface area contributed by atoms with Crippen LogP contribution in [-0.2, 0) is 11.2 Å². The number of aromatic amines is 1. The van der Waals surface area contributed by atoms with Gasteiger partial charge in [0.25, 0.3) is 5.91 Å². The molecule has 2 aromatic rings. The lowest BCUT2D eigenvalue weighted by atomic mass is 10.1. The number of rotatable bonds is 5. The molecule has 0 aliphatic heterocycles. The smallest absolute Gasteiger partial charge is 0.267 e. The number of imidazole rings is 1. The van der Waals surface area contributed by atoms with Gasteiger partial charge in [0, 0.05) is 25.1 Å². The van der Waals surface area contributed by atoms with E-state index in [9.17, 15) is 9.59 Å². The SMILES string of the molecule is CC(=O)c1nc(Cc2ccc(/C=C/C(=O)NO)cc2)[nH]c1C.Cl. The van der Waals surface area contributed by atoms with Gasteiger partial charge in [0.2, 0.25) is 0 Å². The molecule has 3 N–H and O–H groups in total. The van der Waals surface area contributed by atoms with Crippen molar-refractivity contribution in [2.45, 2.75) is 20.3 Å². The second kappa shape index (κ2) is 8.26. The van der Waals surface area contributed by atoms with Crippen molar-refractivity contribution >= 4 is 30.2 Å². The Balaban J connectivity index is 0.00000264. The molecule has 1 heterocycles. The minimum atomic E-state index is -0.577. The fourth-order valence-electron chi connectivity index (χ4n) is 2.10. The third kappa shape index (κ3) is 5.05. The summed E-state index contributed by atoms with van der Waals surface area (Å²) >= 11 is 0. The van der Waals surface area contributed by atoms with E-state index in [1.165, 1.54) is 18.5 Å². The lowest BCUT2D eigenvalue weighted by molar-refractivity contribution is -0.124. The zero-order valence-electron chi connectivity index (χ0n) is 12.8. The van der Waals surface area contributed by atoms with Gasteiger partial charge in [-0.1, -0.05) is 24.3 Å². The van der Waals surface area contributed by atoms with Gasteiger partial charge in [-0.05, 0) is 24.1 Å². The monoisotopic (exact) mass is 335 g/mol. The first-order valence-electron chi connectivity index (χ1n) is 6.77. The summed E-state index contributed by atoms with van der Waals surface area (Å²) in [5.41, 5.74) is 4.66. The molecule has 122 valence electrons. The first-order valence-corrected chi connectivity index (χ1v) is 6.77. The minimum absolute atomic E-state index is 0. The van der Waals surface area contributed by atoms with E-state index in [1.807, 2.05) is 31.2 Å². The predicted octanol–water partition coefficient (Wildman–Crippen LogP) is 2.45. The maximum atomic E-state index is 11.4. The molecule has 0 saturated heterocycles. The van der Waals surface area contributed by atoms with E-state index in [-0.39, 0.29) is 18.2 Å². The number of hydrogen-bond acceptors (Lipinski definition) is 4. The molecule has 0 aliphatic rings. The average molecular weight is 336 g/mol. The molecule has 0 radical (unpaired) electrons. The summed E-state index contributed by atoms with van der Waals surface area (Å²) in [6, 6.07) is 7.56. The number of hydroxylamine groups is 1. The third-order valence-electron chi connectivity index (χ3n) is 3.16. The van der Waals surface area contributed by atoms with Crippen LogP contribution in [0.15, 0.2) is 30.3 Å². The molecule has 0 atom stereocenters. The summed E-state index contributed by atoms with van der Waals surface area (Å²) in [7, 11) is 0. The number of ketones is 1. The first-order chi connectivity index (χ1) is 10.5. The maximum absolute atomic E-state index is 11.4. The van der Waals surface area contributed by atoms with Crippen LogP contribution < -0.4 is 5.48 Å². The van der Waals surface area contributed by atoms with Gasteiger partial charge in [-0.2, -0.15) is 0 Å². The van der Waals surface area contributed by atoms with E-state index < -0.39 is 5.91 Å². The predicted molar refractivity (Wildman–Crippen MR) is 88.8 cm³/mol. The quantitative estimate of drug-likeness (QED) is 0.338. The van der Waals surface area contributed by atoms with Crippen molar-refractivity contribution in [3.63, 3.8) is 0 Å². The fourth-order valence-corrected chi connectivity index (χ4v) is 2.10. The van der Waals surface area contributed by atoms with Crippen molar-refractivity contribution in [1.29, 1.82) is 0 Å². The molecule has 0 fully saturated rings. The summed E-state index contributed by atoms with van der Waals surface area (Å²) in [6.07, 6.45) is 3.43. The Morgan fingerprint density at radius 2 is 1.96 bits per heavy atom. The van der Waals surface area contributed by atoms with E-state index in [2.05, 4.69) is 9.97 Å². The number of aryl methyl sites for hydroxylation is 1. The summed E-state index contributed by atoms with van der Waals surface area (Å²) in [6.45, 7) is 3.32. The number of hydrogen-bond donors (Lipinski definition) is 3. The van der Waals surface area contributed by atoms with Crippen LogP contribution in [0.25, 0.3) is 6.08 Å². The van der Waals surface area contributed by atoms with Gasteiger partial charge in [-0.25, -0.2) is 10.5 Å². The van der Waals surface area contributed by atoms with Gasteiger partial charge >= 0.3 is 0 Å². The molecule has 2 rings (SSSR count). The van der Waals surface area contributed by atoms with Crippen LogP contribution in [0.5, 0.6) is 0 Å². The van der Waals surface area contributed by atoms with Gasteiger partial charge in [0.15, 0.2) is 5.78 Å². The Morgan fingerprint density at radius 1 is 1.30 bits per heavy atom. The normalized spacial score (nSPS) is 10.4. The lowest BCUT2D eigenvalue weighted by Gasteiger charge is -1.99. The molecule has 7 heteroatoms. The van der Waals surface area contributed by atoms with Crippen LogP contribution in [0.4, 0.5) is 0 Å². The molecule has 23 heavy (non-hydrogen) atoms. The zero-order valence-corrected chi connectivity index (χ0v) is 13.6. The molecule has 0 aliphatic carbocycles. The standard InChI is InChI=1S/C16H17N3O3.ClH/c1-10-16(11(2)20)18-14(17-10)9-13-5-3-12(4-6-13)7-8-15(21)19-22;/h3-8,22H,9H2,1-2H3,(H,17,18)(H,19,21);1H/b8-7+;.